The highest BCUT2D eigenvalue weighted by Gasteiger charge is 2.22. The first kappa shape index (κ1) is 18.4. The van der Waals surface area contributed by atoms with Gasteiger partial charge in [-0.25, -0.2) is 9.18 Å². The van der Waals surface area contributed by atoms with Crippen molar-refractivity contribution < 1.29 is 23.5 Å². The molecule has 0 aromatic heterocycles. The van der Waals surface area contributed by atoms with Crippen LogP contribution in [0, 0.1) is 5.82 Å². The van der Waals surface area contributed by atoms with Crippen LogP contribution in [-0.4, -0.2) is 25.1 Å². The lowest BCUT2D eigenvalue weighted by Gasteiger charge is -2.15. The predicted octanol–water partition coefficient (Wildman–Crippen LogP) is 4.17. The van der Waals surface area contributed by atoms with Crippen LogP contribution in [-0.2, 0) is 9.53 Å². The van der Waals surface area contributed by atoms with Gasteiger partial charge >= 0.3 is 5.97 Å². The summed E-state index contributed by atoms with van der Waals surface area (Å²) in [7, 11) is 1.46. The van der Waals surface area contributed by atoms with Crippen molar-refractivity contribution in [2.75, 3.05) is 12.4 Å². The van der Waals surface area contributed by atoms with Gasteiger partial charge in [0.25, 0.3) is 5.91 Å². The first-order valence-electron chi connectivity index (χ1n) is 8.32. The van der Waals surface area contributed by atoms with E-state index in [9.17, 15) is 14.0 Å². The minimum Gasteiger partial charge on any atom is -0.496 e. The number of carbonyl (C=O) groups is 2. The lowest BCUT2D eigenvalue weighted by molar-refractivity contribution is -0.123. The van der Waals surface area contributed by atoms with Crippen LogP contribution in [0.3, 0.4) is 0 Å². The summed E-state index contributed by atoms with van der Waals surface area (Å²) in [5, 5.41) is 4.35. The van der Waals surface area contributed by atoms with Gasteiger partial charge in [-0.15, -0.1) is 0 Å². The smallest absolute Gasteiger partial charge is 0.342 e. The molecule has 6 heteroatoms. The Kier molecular flexibility index (Phi) is 5.35. The molecule has 3 aromatic carbocycles. The number of ether oxygens (including phenoxy) is 2. The van der Waals surface area contributed by atoms with E-state index in [2.05, 4.69) is 5.32 Å². The van der Waals surface area contributed by atoms with Crippen LogP contribution in [0.5, 0.6) is 5.75 Å². The molecule has 5 nitrogen and oxygen atoms in total. The van der Waals surface area contributed by atoms with Crippen molar-refractivity contribution in [3.63, 3.8) is 0 Å². The Morgan fingerprint density at radius 1 is 1.00 bits per heavy atom. The largest absolute Gasteiger partial charge is 0.496 e. The number of amides is 1. The maximum atomic E-state index is 12.9. The van der Waals surface area contributed by atoms with Gasteiger partial charge in [0.1, 0.15) is 17.1 Å². The molecule has 0 spiro atoms. The van der Waals surface area contributed by atoms with Crippen molar-refractivity contribution in [2.45, 2.75) is 13.0 Å². The molecule has 0 bridgehead atoms. The fourth-order valence-electron chi connectivity index (χ4n) is 2.60. The highest BCUT2D eigenvalue weighted by molar-refractivity contribution is 6.01. The Hall–Kier alpha value is -3.41. The number of hydrogen-bond donors (Lipinski definition) is 1. The van der Waals surface area contributed by atoms with Gasteiger partial charge < -0.3 is 14.8 Å². The number of nitrogens with one attached hydrogen (secondary N) is 1. The Labute approximate surface area is 155 Å². The van der Waals surface area contributed by atoms with E-state index in [-0.39, 0.29) is 5.56 Å². The molecule has 0 saturated heterocycles. The maximum absolute atomic E-state index is 12.9. The summed E-state index contributed by atoms with van der Waals surface area (Å²) in [6, 6.07) is 16.3. The van der Waals surface area contributed by atoms with Crippen LogP contribution in [0.2, 0.25) is 0 Å². The molecule has 0 radical (unpaired) electrons. The quantitative estimate of drug-likeness (QED) is 0.688. The molecule has 1 amide bonds. The first-order chi connectivity index (χ1) is 13.0. The van der Waals surface area contributed by atoms with Crippen molar-refractivity contribution in [3.8, 4) is 5.75 Å². The topological polar surface area (TPSA) is 64.6 Å². The molecule has 3 aromatic rings. The SMILES string of the molecule is COc1cc2ccccc2cc1C(=O)O[C@@H](C)C(=O)Nc1ccc(F)cc1. The summed E-state index contributed by atoms with van der Waals surface area (Å²) in [5.74, 6) is -1.23. The van der Waals surface area contributed by atoms with Gasteiger partial charge in [0.2, 0.25) is 0 Å². The molecular formula is C21H18FNO4. The Morgan fingerprint density at radius 3 is 2.26 bits per heavy atom. The summed E-state index contributed by atoms with van der Waals surface area (Å²) >= 11 is 0. The van der Waals surface area contributed by atoms with Crippen LogP contribution >= 0.6 is 0 Å². The molecule has 0 fully saturated rings. The average molecular weight is 367 g/mol. The monoisotopic (exact) mass is 367 g/mol. The highest BCUT2D eigenvalue weighted by Crippen LogP contribution is 2.27. The van der Waals surface area contributed by atoms with E-state index in [1.807, 2.05) is 24.3 Å². The standard InChI is InChI=1S/C21H18FNO4/c1-13(20(24)23-17-9-7-16(22)8-10-17)27-21(25)18-11-14-5-3-4-6-15(14)12-19(18)26-2/h3-13H,1-2H3,(H,23,24)/t13-/m0/s1. The molecule has 0 aliphatic rings. The number of hydrogen-bond acceptors (Lipinski definition) is 4. The second kappa shape index (κ2) is 7.86. The second-order valence-electron chi connectivity index (χ2n) is 5.94. The predicted molar refractivity (Wildman–Crippen MR) is 100 cm³/mol. The number of methoxy groups -OCH3 is 1. The van der Waals surface area contributed by atoms with Crippen LogP contribution < -0.4 is 10.1 Å². The van der Waals surface area contributed by atoms with Gasteiger partial charge in [-0.05, 0) is 54.1 Å². The summed E-state index contributed by atoms with van der Waals surface area (Å²) in [6.07, 6.45) is -1.04. The van der Waals surface area contributed by atoms with Crippen molar-refractivity contribution in [1.82, 2.24) is 0 Å². The first-order valence-corrected chi connectivity index (χ1v) is 8.32. The number of esters is 1. The van der Waals surface area contributed by atoms with E-state index >= 15 is 0 Å². The van der Waals surface area contributed by atoms with Gasteiger partial charge in [-0.3, -0.25) is 4.79 Å². The zero-order valence-electron chi connectivity index (χ0n) is 14.9. The van der Waals surface area contributed by atoms with E-state index in [0.29, 0.717) is 11.4 Å². The molecule has 0 saturated carbocycles. The zero-order chi connectivity index (χ0) is 19.4. The lowest BCUT2D eigenvalue weighted by Crippen LogP contribution is -2.30. The van der Waals surface area contributed by atoms with Crippen LogP contribution in [0.1, 0.15) is 17.3 Å². The van der Waals surface area contributed by atoms with Crippen molar-refractivity contribution in [3.05, 3.63) is 72.0 Å². The lowest BCUT2D eigenvalue weighted by atomic mass is 10.1. The average Bonchev–Trinajstić information content (AvgIpc) is 2.68. The number of anilines is 1. The molecule has 1 N–H and O–H groups in total. The number of benzene rings is 3. The summed E-state index contributed by atoms with van der Waals surface area (Å²) in [5.41, 5.74) is 0.644. The van der Waals surface area contributed by atoms with Crippen LogP contribution in [0.4, 0.5) is 10.1 Å². The number of carbonyl (C=O) groups excluding carboxylic acids is 2. The van der Waals surface area contributed by atoms with Crippen LogP contribution in [0.25, 0.3) is 10.8 Å². The highest BCUT2D eigenvalue weighted by atomic mass is 19.1. The molecule has 1 atom stereocenters. The zero-order valence-corrected chi connectivity index (χ0v) is 14.9. The summed E-state index contributed by atoms with van der Waals surface area (Å²) < 4.78 is 23.5. The third-order valence-electron chi connectivity index (χ3n) is 4.05. The third-order valence-corrected chi connectivity index (χ3v) is 4.05. The van der Waals surface area contributed by atoms with Gasteiger partial charge in [-0.1, -0.05) is 24.3 Å². The van der Waals surface area contributed by atoms with Gasteiger partial charge in [-0.2, -0.15) is 0 Å². The molecule has 3 rings (SSSR count). The van der Waals surface area contributed by atoms with Crippen molar-refractivity contribution in [2.24, 2.45) is 0 Å². The molecule has 0 heterocycles. The van der Waals surface area contributed by atoms with E-state index in [0.717, 1.165) is 10.8 Å². The second-order valence-corrected chi connectivity index (χ2v) is 5.94. The van der Waals surface area contributed by atoms with Gasteiger partial charge in [0.15, 0.2) is 6.10 Å². The normalized spacial score (nSPS) is 11.7. The van der Waals surface area contributed by atoms with Gasteiger partial charge in [0, 0.05) is 5.69 Å². The molecular weight excluding hydrogens is 349 g/mol. The minimum atomic E-state index is -1.04. The van der Waals surface area contributed by atoms with Crippen molar-refractivity contribution in [1.29, 1.82) is 0 Å². The molecule has 0 aliphatic carbocycles. The van der Waals surface area contributed by atoms with E-state index in [4.69, 9.17) is 9.47 Å². The molecule has 138 valence electrons. The Bertz CT molecular complexity index is 985. The number of fused-ring (bicyclic) bond motifs is 1. The molecule has 27 heavy (non-hydrogen) atoms. The fourth-order valence-corrected chi connectivity index (χ4v) is 2.60. The molecule has 0 aliphatic heterocycles. The van der Waals surface area contributed by atoms with E-state index < -0.39 is 23.8 Å². The van der Waals surface area contributed by atoms with E-state index in [1.54, 1.807) is 12.1 Å². The minimum absolute atomic E-state index is 0.234. The Morgan fingerprint density at radius 2 is 1.63 bits per heavy atom. The summed E-state index contributed by atoms with van der Waals surface area (Å²) in [6.45, 7) is 1.46. The van der Waals surface area contributed by atoms with Crippen molar-refractivity contribution >= 4 is 28.3 Å². The number of rotatable bonds is 5. The van der Waals surface area contributed by atoms with Gasteiger partial charge in [0.05, 0.1) is 7.11 Å². The Balaban J connectivity index is 1.74. The summed E-state index contributed by atoms with van der Waals surface area (Å²) in [4.78, 5) is 24.8. The van der Waals surface area contributed by atoms with Crippen LogP contribution in [0.15, 0.2) is 60.7 Å². The van der Waals surface area contributed by atoms with E-state index in [1.165, 1.54) is 38.3 Å². The molecule has 0 unspecified atom stereocenters. The maximum Gasteiger partial charge on any atom is 0.342 e. The third kappa shape index (κ3) is 4.23. The fraction of sp³-hybridized carbons (Fsp3) is 0.143. The number of halogens is 1.